The summed E-state index contributed by atoms with van der Waals surface area (Å²) in [6.45, 7) is 10.2. The molecule has 0 radical (unpaired) electrons. The number of aryl methyl sites for hydroxylation is 1. The van der Waals surface area contributed by atoms with Crippen molar-refractivity contribution in [2.75, 3.05) is 19.6 Å². The smallest absolute Gasteiger partial charge is 0.176 e. The molecule has 1 fully saturated rings. The molecule has 120 valence electrons. The fraction of sp³-hybridized carbons (Fsp3) is 0.933. The number of likely N-dealkylation sites (tertiary alicyclic amines) is 1. The van der Waals surface area contributed by atoms with E-state index in [1.807, 2.05) is 7.05 Å². The lowest BCUT2D eigenvalue weighted by Gasteiger charge is -2.44. The van der Waals surface area contributed by atoms with Crippen LogP contribution in [0.2, 0.25) is 0 Å². The molecule has 0 aromatic carbocycles. The lowest BCUT2D eigenvalue weighted by atomic mass is 9.89. The topological polar surface area (TPSA) is 58.9 Å². The molecule has 1 saturated heterocycles. The second-order valence-corrected chi connectivity index (χ2v) is 6.56. The van der Waals surface area contributed by atoms with E-state index in [0.717, 1.165) is 18.8 Å². The van der Waals surface area contributed by atoms with Crippen molar-refractivity contribution in [3.8, 4) is 0 Å². The van der Waals surface area contributed by atoms with Gasteiger partial charge in [-0.05, 0) is 51.5 Å². The first kappa shape index (κ1) is 16.4. The zero-order chi connectivity index (χ0) is 15.3. The van der Waals surface area contributed by atoms with Gasteiger partial charge in [0.1, 0.15) is 0 Å². The quantitative estimate of drug-likeness (QED) is 0.859. The van der Waals surface area contributed by atoms with Crippen LogP contribution in [-0.4, -0.2) is 56.3 Å². The van der Waals surface area contributed by atoms with Crippen molar-refractivity contribution in [1.82, 2.24) is 30.4 Å². The first-order valence-corrected chi connectivity index (χ1v) is 8.25. The van der Waals surface area contributed by atoms with Crippen LogP contribution in [0.4, 0.5) is 0 Å². The van der Waals surface area contributed by atoms with Gasteiger partial charge >= 0.3 is 0 Å². The van der Waals surface area contributed by atoms with Gasteiger partial charge in [-0.2, -0.15) is 4.80 Å². The molecule has 0 spiro atoms. The Hall–Kier alpha value is -1.01. The third kappa shape index (κ3) is 4.23. The van der Waals surface area contributed by atoms with E-state index in [1.165, 1.54) is 43.6 Å². The number of likely N-dealkylation sites (N-methyl/N-ethyl adjacent to an activating group) is 1. The molecule has 1 aromatic rings. The van der Waals surface area contributed by atoms with Gasteiger partial charge in [0, 0.05) is 18.0 Å². The molecule has 21 heavy (non-hydrogen) atoms. The third-order valence-electron chi connectivity index (χ3n) is 4.66. The number of rotatable bonds is 6. The van der Waals surface area contributed by atoms with Gasteiger partial charge in [0.05, 0.1) is 7.05 Å². The van der Waals surface area contributed by atoms with Gasteiger partial charge < -0.3 is 5.32 Å². The van der Waals surface area contributed by atoms with Crippen LogP contribution in [0.5, 0.6) is 0 Å². The molecule has 0 bridgehead atoms. The van der Waals surface area contributed by atoms with E-state index in [0.29, 0.717) is 6.04 Å². The Morgan fingerprint density at radius 3 is 2.38 bits per heavy atom. The van der Waals surface area contributed by atoms with E-state index in [9.17, 15) is 0 Å². The minimum absolute atomic E-state index is 0.0968. The summed E-state index contributed by atoms with van der Waals surface area (Å²) in [5, 5.41) is 16.1. The van der Waals surface area contributed by atoms with Gasteiger partial charge in [0.25, 0.3) is 0 Å². The largest absolute Gasteiger partial charge is 0.312 e. The van der Waals surface area contributed by atoms with E-state index in [1.54, 1.807) is 0 Å². The SMILES string of the molecule is CCNC(Cc1nnn(C)n1)C(C)(C)N1CCCCCC1. The zero-order valence-corrected chi connectivity index (χ0v) is 14.0. The highest BCUT2D eigenvalue weighted by Gasteiger charge is 2.35. The highest BCUT2D eigenvalue weighted by molar-refractivity contribution is 4.99. The first-order valence-electron chi connectivity index (χ1n) is 8.25. The van der Waals surface area contributed by atoms with Crippen LogP contribution < -0.4 is 5.32 Å². The zero-order valence-electron chi connectivity index (χ0n) is 14.0. The molecule has 0 aliphatic carbocycles. The van der Waals surface area contributed by atoms with Gasteiger partial charge in [0.2, 0.25) is 0 Å². The molecule has 2 heterocycles. The van der Waals surface area contributed by atoms with Crippen LogP contribution in [-0.2, 0) is 13.5 Å². The van der Waals surface area contributed by atoms with Crippen LogP contribution in [0.1, 0.15) is 52.3 Å². The molecule has 0 saturated carbocycles. The Labute approximate surface area is 128 Å². The van der Waals surface area contributed by atoms with Gasteiger partial charge in [-0.3, -0.25) is 4.90 Å². The van der Waals surface area contributed by atoms with Crippen molar-refractivity contribution in [1.29, 1.82) is 0 Å². The fourth-order valence-corrected chi connectivity index (χ4v) is 3.27. The second kappa shape index (κ2) is 7.31. The molecule has 1 aromatic heterocycles. The summed E-state index contributed by atoms with van der Waals surface area (Å²) in [7, 11) is 1.82. The Morgan fingerprint density at radius 2 is 1.86 bits per heavy atom. The average molecular weight is 294 g/mol. The van der Waals surface area contributed by atoms with Crippen LogP contribution in [0.3, 0.4) is 0 Å². The van der Waals surface area contributed by atoms with Crippen LogP contribution in [0.25, 0.3) is 0 Å². The summed E-state index contributed by atoms with van der Waals surface area (Å²) < 4.78 is 0. The van der Waals surface area contributed by atoms with Crippen molar-refractivity contribution in [2.24, 2.45) is 7.05 Å². The number of aromatic nitrogens is 4. The Bertz CT molecular complexity index is 420. The summed E-state index contributed by atoms with van der Waals surface area (Å²) in [6.07, 6.45) is 6.18. The number of nitrogens with zero attached hydrogens (tertiary/aromatic N) is 5. The molecule has 6 nitrogen and oxygen atoms in total. The normalized spacial score (nSPS) is 19.4. The maximum Gasteiger partial charge on any atom is 0.176 e. The minimum atomic E-state index is 0.0968. The maximum atomic E-state index is 4.35. The summed E-state index contributed by atoms with van der Waals surface area (Å²) in [4.78, 5) is 4.18. The van der Waals surface area contributed by atoms with Crippen LogP contribution in [0, 0.1) is 0 Å². The summed E-state index contributed by atoms with van der Waals surface area (Å²) in [5.41, 5.74) is 0.0968. The summed E-state index contributed by atoms with van der Waals surface area (Å²) >= 11 is 0. The molecule has 2 rings (SSSR count). The predicted octanol–water partition coefficient (Wildman–Crippen LogP) is 1.39. The van der Waals surface area contributed by atoms with Gasteiger partial charge in [-0.25, -0.2) is 0 Å². The van der Waals surface area contributed by atoms with Gasteiger partial charge in [-0.15, -0.1) is 10.2 Å². The van der Waals surface area contributed by atoms with Crippen molar-refractivity contribution in [3.05, 3.63) is 5.82 Å². The number of nitrogens with one attached hydrogen (secondary N) is 1. The van der Waals surface area contributed by atoms with E-state index < -0.39 is 0 Å². The van der Waals surface area contributed by atoms with Crippen molar-refractivity contribution >= 4 is 0 Å². The molecular weight excluding hydrogens is 264 g/mol. The summed E-state index contributed by atoms with van der Waals surface area (Å²) in [5.74, 6) is 0.825. The molecule has 0 amide bonds. The Kier molecular flexibility index (Phi) is 5.70. The average Bonchev–Trinajstić information content (AvgIpc) is 2.68. The molecule has 1 aliphatic heterocycles. The van der Waals surface area contributed by atoms with E-state index >= 15 is 0 Å². The highest BCUT2D eigenvalue weighted by atomic mass is 15.6. The fourth-order valence-electron chi connectivity index (χ4n) is 3.27. The molecule has 1 aliphatic rings. The minimum Gasteiger partial charge on any atom is -0.312 e. The van der Waals surface area contributed by atoms with E-state index in [2.05, 4.69) is 46.4 Å². The third-order valence-corrected chi connectivity index (χ3v) is 4.66. The first-order chi connectivity index (χ1) is 10.0. The maximum absolute atomic E-state index is 4.35. The molecule has 1 atom stereocenters. The standard InChI is InChI=1S/C15H30N6/c1-5-16-13(12-14-17-19-20(4)18-14)15(2,3)21-10-8-6-7-9-11-21/h13,16H,5-12H2,1-4H3. The molecular formula is C15H30N6. The molecule has 1 N–H and O–H groups in total. The second-order valence-electron chi connectivity index (χ2n) is 6.56. The Balaban J connectivity index is 2.10. The monoisotopic (exact) mass is 294 g/mol. The van der Waals surface area contributed by atoms with Crippen molar-refractivity contribution in [3.63, 3.8) is 0 Å². The van der Waals surface area contributed by atoms with E-state index in [4.69, 9.17) is 0 Å². The Morgan fingerprint density at radius 1 is 1.19 bits per heavy atom. The number of hydrogen-bond acceptors (Lipinski definition) is 5. The number of tetrazole rings is 1. The predicted molar refractivity (Wildman–Crippen MR) is 84.1 cm³/mol. The summed E-state index contributed by atoms with van der Waals surface area (Å²) in [6, 6.07) is 0.338. The lowest BCUT2D eigenvalue weighted by molar-refractivity contribution is 0.0833. The van der Waals surface area contributed by atoms with Crippen LogP contribution in [0.15, 0.2) is 0 Å². The van der Waals surface area contributed by atoms with Gasteiger partial charge in [-0.1, -0.05) is 19.8 Å². The van der Waals surface area contributed by atoms with E-state index in [-0.39, 0.29) is 5.54 Å². The molecule has 1 unspecified atom stereocenters. The van der Waals surface area contributed by atoms with Gasteiger partial charge in [0.15, 0.2) is 5.82 Å². The highest BCUT2D eigenvalue weighted by Crippen LogP contribution is 2.25. The van der Waals surface area contributed by atoms with Crippen LogP contribution >= 0.6 is 0 Å². The molecule has 6 heteroatoms. The number of hydrogen-bond donors (Lipinski definition) is 1. The van der Waals surface area contributed by atoms with Crippen molar-refractivity contribution in [2.45, 2.75) is 64.5 Å². The lowest BCUT2D eigenvalue weighted by Crippen LogP contribution is -2.59. The van der Waals surface area contributed by atoms with Crippen molar-refractivity contribution < 1.29 is 0 Å².